The summed E-state index contributed by atoms with van der Waals surface area (Å²) in [6.07, 6.45) is 14.4. The summed E-state index contributed by atoms with van der Waals surface area (Å²) in [5, 5.41) is 0. The van der Waals surface area contributed by atoms with E-state index in [1.165, 1.54) is 76.0 Å². The molecule has 1 rings (SSSR count). The zero-order valence-corrected chi connectivity index (χ0v) is 18.1. The third kappa shape index (κ3) is 5.65. The first-order chi connectivity index (χ1) is 12.1. The van der Waals surface area contributed by atoms with Crippen molar-refractivity contribution in [3.8, 4) is 0 Å². The van der Waals surface area contributed by atoms with Crippen LogP contribution in [0, 0.1) is 0 Å². The van der Waals surface area contributed by atoms with E-state index in [0.717, 1.165) is 5.56 Å². The number of rotatable bonds is 14. The molecule has 0 unspecified atom stereocenters. The summed E-state index contributed by atoms with van der Waals surface area (Å²) < 4.78 is 0. The van der Waals surface area contributed by atoms with Crippen LogP contribution in [0.2, 0.25) is 0 Å². The van der Waals surface area contributed by atoms with Crippen LogP contribution in [0.1, 0.15) is 89.4 Å². The zero-order chi connectivity index (χ0) is 18.6. The van der Waals surface area contributed by atoms with Crippen LogP contribution in [0.4, 0.5) is 0 Å². The van der Waals surface area contributed by atoms with Crippen LogP contribution in [0.15, 0.2) is 30.3 Å². The fraction of sp³-hybridized carbons (Fsp3) is 0.696. The molecule has 0 saturated carbocycles. The van der Waals surface area contributed by atoms with Crippen LogP contribution in [-0.2, 0) is 0 Å². The van der Waals surface area contributed by atoms with Gasteiger partial charge in [-0.05, 0) is 0 Å². The first kappa shape index (κ1) is 22.4. The standard InChI is InChI=1S/C23H41OP/c1-5-9-18-25(19-10-6-2,20-11-7-3,21-12-8-4)23(24)22-16-14-13-15-17-22/h13-17H,5-12,18-21H2,1-4H3. The molecular formula is C23H41OP. The van der Waals surface area contributed by atoms with Crippen LogP contribution in [-0.4, -0.2) is 30.2 Å². The van der Waals surface area contributed by atoms with E-state index in [1.807, 2.05) is 18.2 Å². The Morgan fingerprint density at radius 2 is 1.04 bits per heavy atom. The average Bonchev–Trinajstić information content (AvgIpc) is 2.67. The van der Waals surface area contributed by atoms with Crippen LogP contribution in [0.25, 0.3) is 0 Å². The first-order valence-corrected chi connectivity index (χ1v) is 13.7. The van der Waals surface area contributed by atoms with E-state index in [2.05, 4.69) is 39.8 Å². The van der Waals surface area contributed by atoms with Crippen molar-refractivity contribution < 1.29 is 4.79 Å². The van der Waals surface area contributed by atoms with Gasteiger partial charge in [0.1, 0.15) is 0 Å². The van der Waals surface area contributed by atoms with Crippen molar-refractivity contribution in [3.05, 3.63) is 35.9 Å². The van der Waals surface area contributed by atoms with E-state index in [1.54, 1.807) is 0 Å². The molecular weight excluding hydrogens is 323 g/mol. The van der Waals surface area contributed by atoms with E-state index in [4.69, 9.17) is 0 Å². The Morgan fingerprint density at radius 1 is 0.680 bits per heavy atom. The second kappa shape index (κ2) is 11.1. The van der Waals surface area contributed by atoms with Crippen LogP contribution in [0.3, 0.4) is 0 Å². The Morgan fingerprint density at radius 3 is 1.36 bits per heavy atom. The maximum absolute atomic E-state index is 14.1. The second-order valence-corrected chi connectivity index (χ2v) is 14.1. The summed E-state index contributed by atoms with van der Waals surface area (Å²) in [5.41, 5.74) is 1.55. The predicted octanol–water partition coefficient (Wildman–Crippen LogP) is 7.58. The zero-order valence-electron chi connectivity index (χ0n) is 17.2. The minimum absolute atomic E-state index is 0.565. The van der Waals surface area contributed by atoms with E-state index >= 15 is 0 Å². The van der Waals surface area contributed by atoms with Gasteiger partial charge >= 0.3 is 157 Å². The summed E-state index contributed by atoms with van der Waals surface area (Å²) in [5.74, 6) is 0. The van der Waals surface area contributed by atoms with Gasteiger partial charge in [-0.3, -0.25) is 0 Å². The Labute approximate surface area is 156 Å². The van der Waals surface area contributed by atoms with Crippen molar-refractivity contribution in [3.63, 3.8) is 0 Å². The Kier molecular flexibility index (Phi) is 9.95. The number of unbranched alkanes of at least 4 members (excludes halogenated alkanes) is 4. The minimum atomic E-state index is -2.41. The number of hydrogen-bond acceptors (Lipinski definition) is 1. The molecule has 0 atom stereocenters. The van der Waals surface area contributed by atoms with Crippen molar-refractivity contribution in [2.24, 2.45) is 0 Å². The number of hydrogen-bond donors (Lipinski definition) is 0. The Balaban J connectivity index is 3.44. The third-order valence-electron chi connectivity index (χ3n) is 5.99. The first-order valence-electron chi connectivity index (χ1n) is 10.7. The molecule has 0 aliphatic rings. The third-order valence-corrected chi connectivity index (χ3v) is 13.3. The van der Waals surface area contributed by atoms with Crippen molar-refractivity contribution in [1.82, 2.24) is 0 Å². The van der Waals surface area contributed by atoms with Crippen LogP contribution >= 0.6 is 6.60 Å². The van der Waals surface area contributed by atoms with E-state index < -0.39 is 6.60 Å². The molecule has 0 aliphatic heterocycles. The van der Waals surface area contributed by atoms with Crippen molar-refractivity contribution in [1.29, 1.82) is 0 Å². The molecule has 144 valence electrons. The number of carbonyl (C=O) groups excluding carboxylic acids is 1. The predicted molar refractivity (Wildman–Crippen MR) is 117 cm³/mol. The molecule has 2 heteroatoms. The molecule has 1 nitrogen and oxygen atoms in total. The normalized spacial score (nSPS) is 13.4. The van der Waals surface area contributed by atoms with E-state index in [-0.39, 0.29) is 0 Å². The SMILES string of the molecule is CCCCP(CCCC)(CCCC)(CCCC)C(=O)c1ccccc1. The Hall–Kier alpha value is -0.680. The molecule has 0 radical (unpaired) electrons. The summed E-state index contributed by atoms with van der Waals surface area (Å²) in [6.45, 7) is 6.69. The van der Waals surface area contributed by atoms with Gasteiger partial charge in [-0.1, -0.05) is 0 Å². The van der Waals surface area contributed by atoms with Crippen molar-refractivity contribution in [2.75, 3.05) is 24.6 Å². The van der Waals surface area contributed by atoms with Gasteiger partial charge in [-0.15, -0.1) is 0 Å². The molecule has 0 saturated heterocycles. The molecule has 0 aromatic heterocycles. The van der Waals surface area contributed by atoms with Gasteiger partial charge in [0.2, 0.25) is 0 Å². The van der Waals surface area contributed by atoms with Gasteiger partial charge in [0.25, 0.3) is 0 Å². The molecule has 0 amide bonds. The number of carbonyl (C=O) groups is 1. The van der Waals surface area contributed by atoms with Gasteiger partial charge in [0, 0.05) is 0 Å². The molecule has 1 aromatic rings. The summed E-state index contributed by atoms with van der Waals surface area (Å²) in [4.78, 5) is 14.1. The fourth-order valence-electron chi connectivity index (χ4n) is 4.31. The average molecular weight is 365 g/mol. The molecule has 0 bridgehead atoms. The topological polar surface area (TPSA) is 17.1 Å². The molecule has 0 aliphatic carbocycles. The van der Waals surface area contributed by atoms with Gasteiger partial charge in [-0.2, -0.15) is 0 Å². The van der Waals surface area contributed by atoms with Gasteiger partial charge in [-0.25, -0.2) is 0 Å². The van der Waals surface area contributed by atoms with Crippen molar-refractivity contribution in [2.45, 2.75) is 79.1 Å². The number of benzene rings is 1. The fourth-order valence-corrected chi connectivity index (χ4v) is 11.9. The Bertz CT molecular complexity index is 451. The molecule has 1 aromatic carbocycles. The molecule has 0 spiro atoms. The van der Waals surface area contributed by atoms with E-state index in [9.17, 15) is 4.79 Å². The summed E-state index contributed by atoms with van der Waals surface area (Å²) in [6, 6.07) is 10.2. The summed E-state index contributed by atoms with van der Waals surface area (Å²) >= 11 is 0. The molecule has 0 fully saturated rings. The van der Waals surface area contributed by atoms with Gasteiger partial charge in [0.05, 0.1) is 0 Å². The van der Waals surface area contributed by atoms with Crippen molar-refractivity contribution >= 4 is 12.1 Å². The van der Waals surface area contributed by atoms with Crippen LogP contribution < -0.4 is 0 Å². The monoisotopic (exact) mass is 364 g/mol. The molecule has 0 heterocycles. The van der Waals surface area contributed by atoms with Gasteiger partial charge in [0.15, 0.2) is 0 Å². The molecule has 0 N–H and O–H groups in total. The maximum atomic E-state index is 14.1. The summed E-state index contributed by atoms with van der Waals surface area (Å²) in [7, 11) is 0. The van der Waals surface area contributed by atoms with Crippen LogP contribution in [0.5, 0.6) is 0 Å². The van der Waals surface area contributed by atoms with E-state index in [0.29, 0.717) is 5.52 Å². The quantitative estimate of drug-likeness (QED) is 0.311. The van der Waals surface area contributed by atoms with Gasteiger partial charge < -0.3 is 0 Å². The second-order valence-electron chi connectivity index (χ2n) is 7.95. The molecule has 25 heavy (non-hydrogen) atoms.